The van der Waals surface area contributed by atoms with Gasteiger partial charge in [0.25, 0.3) is 0 Å². The van der Waals surface area contributed by atoms with Crippen LogP contribution in [0.15, 0.2) is 0 Å². The van der Waals surface area contributed by atoms with Crippen molar-refractivity contribution in [1.82, 2.24) is 15.1 Å². The lowest BCUT2D eigenvalue weighted by atomic mass is 10.1. The van der Waals surface area contributed by atoms with Gasteiger partial charge in [-0.15, -0.1) is 0 Å². The number of rotatable bonds is 12. The smallest absolute Gasteiger partial charge is 0.0662 e. The monoisotopic (exact) mass is 297 g/mol. The fourth-order valence-electron chi connectivity index (χ4n) is 2.39. The molecule has 0 aliphatic rings. The minimum Gasteiger partial charge on any atom is -0.385 e. The van der Waals surface area contributed by atoms with Gasteiger partial charge in [0, 0.05) is 26.0 Å². The number of hydrogen-bond donors (Lipinski definition) is 1. The molecule has 1 rings (SSSR count). The van der Waals surface area contributed by atoms with Crippen LogP contribution in [0, 0.1) is 13.8 Å². The molecule has 0 amide bonds. The lowest BCUT2D eigenvalue weighted by Gasteiger charge is -2.07. The third kappa shape index (κ3) is 6.59. The second-order valence-corrected chi connectivity index (χ2v) is 5.33. The van der Waals surface area contributed by atoms with Gasteiger partial charge in [0.2, 0.25) is 0 Å². The molecule has 0 saturated carbocycles. The molecular formula is C16H31N3O2. The maximum absolute atomic E-state index is 5.60. The van der Waals surface area contributed by atoms with Crippen molar-refractivity contribution in [2.45, 2.75) is 46.6 Å². The Morgan fingerprint density at radius 3 is 2.67 bits per heavy atom. The standard InChI is InChI=1S/C16H31N3O2/c1-5-8-17-9-7-16-14(2)18-19(15(16)3)10-13-21-12-6-11-20-4/h17H,5-13H2,1-4H3. The first-order valence-electron chi connectivity index (χ1n) is 8.01. The third-order valence-corrected chi connectivity index (χ3v) is 3.59. The number of nitrogens with one attached hydrogen (secondary N) is 1. The zero-order valence-electron chi connectivity index (χ0n) is 14.1. The summed E-state index contributed by atoms with van der Waals surface area (Å²) in [7, 11) is 1.72. The maximum Gasteiger partial charge on any atom is 0.0662 e. The summed E-state index contributed by atoms with van der Waals surface area (Å²) in [4.78, 5) is 0. The van der Waals surface area contributed by atoms with E-state index in [4.69, 9.17) is 9.47 Å². The second kappa shape index (κ2) is 10.8. The van der Waals surface area contributed by atoms with Gasteiger partial charge in [0.05, 0.1) is 18.8 Å². The first-order valence-corrected chi connectivity index (χ1v) is 8.01. The molecule has 0 aromatic carbocycles. The predicted octanol–water partition coefficient (Wildman–Crippen LogP) is 2.10. The molecule has 0 aliphatic heterocycles. The van der Waals surface area contributed by atoms with Gasteiger partial charge in [-0.25, -0.2) is 0 Å². The van der Waals surface area contributed by atoms with Crippen LogP contribution in [0.25, 0.3) is 0 Å². The summed E-state index contributed by atoms with van der Waals surface area (Å²) in [5.74, 6) is 0. The molecule has 5 nitrogen and oxygen atoms in total. The van der Waals surface area contributed by atoms with Crippen molar-refractivity contribution in [2.75, 3.05) is 40.0 Å². The molecule has 0 spiro atoms. The van der Waals surface area contributed by atoms with Crippen molar-refractivity contribution in [1.29, 1.82) is 0 Å². The topological polar surface area (TPSA) is 48.3 Å². The fourth-order valence-corrected chi connectivity index (χ4v) is 2.39. The van der Waals surface area contributed by atoms with Crippen LogP contribution in [-0.4, -0.2) is 49.8 Å². The van der Waals surface area contributed by atoms with E-state index in [1.807, 2.05) is 0 Å². The molecule has 21 heavy (non-hydrogen) atoms. The van der Waals surface area contributed by atoms with Gasteiger partial charge in [-0.2, -0.15) is 5.10 Å². The van der Waals surface area contributed by atoms with E-state index in [1.165, 1.54) is 17.7 Å². The van der Waals surface area contributed by atoms with Crippen molar-refractivity contribution in [2.24, 2.45) is 0 Å². The molecule has 1 N–H and O–H groups in total. The van der Waals surface area contributed by atoms with Crippen molar-refractivity contribution in [3.63, 3.8) is 0 Å². The van der Waals surface area contributed by atoms with Gasteiger partial charge in [0.15, 0.2) is 0 Å². The van der Waals surface area contributed by atoms with Crippen LogP contribution in [0.4, 0.5) is 0 Å². The number of hydrogen-bond acceptors (Lipinski definition) is 4. The summed E-state index contributed by atoms with van der Waals surface area (Å²) < 4.78 is 12.7. The number of ether oxygens (including phenoxy) is 2. The van der Waals surface area contributed by atoms with E-state index in [-0.39, 0.29) is 0 Å². The van der Waals surface area contributed by atoms with Gasteiger partial charge in [-0.05, 0) is 51.8 Å². The highest BCUT2D eigenvalue weighted by atomic mass is 16.5. The first-order chi connectivity index (χ1) is 10.2. The number of aromatic nitrogens is 2. The van der Waals surface area contributed by atoms with Crippen molar-refractivity contribution in [3.05, 3.63) is 17.0 Å². The van der Waals surface area contributed by atoms with E-state index < -0.39 is 0 Å². The summed E-state index contributed by atoms with van der Waals surface area (Å²) in [5.41, 5.74) is 3.79. The molecule has 5 heteroatoms. The van der Waals surface area contributed by atoms with Crippen molar-refractivity contribution >= 4 is 0 Å². The molecule has 0 unspecified atom stereocenters. The maximum atomic E-state index is 5.60. The van der Waals surface area contributed by atoms with E-state index in [9.17, 15) is 0 Å². The third-order valence-electron chi connectivity index (χ3n) is 3.59. The quantitative estimate of drug-likeness (QED) is 0.600. The molecule has 0 radical (unpaired) electrons. The Kier molecular flexibility index (Phi) is 9.30. The Balaban J connectivity index is 2.34. The van der Waals surface area contributed by atoms with Crippen LogP contribution >= 0.6 is 0 Å². The van der Waals surface area contributed by atoms with Gasteiger partial charge in [-0.3, -0.25) is 4.68 Å². The fraction of sp³-hybridized carbons (Fsp3) is 0.812. The molecule has 0 saturated heterocycles. The van der Waals surface area contributed by atoms with Crippen LogP contribution in [0.3, 0.4) is 0 Å². The number of aryl methyl sites for hydroxylation is 1. The Labute approximate surface area is 129 Å². The van der Waals surface area contributed by atoms with Gasteiger partial charge < -0.3 is 14.8 Å². The van der Waals surface area contributed by atoms with Crippen LogP contribution in [0.2, 0.25) is 0 Å². The normalized spacial score (nSPS) is 11.2. The second-order valence-electron chi connectivity index (χ2n) is 5.33. The average Bonchev–Trinajstić information content (AvgIpc) is 2.74. The summed E-state index contributed by atoms with van der Waals surface area (Å²) >= 11 is 0. The summed E-state index contributed by atoms with van der Waals surface area (Å²) in [6.45, 7) is 11.6. The van der Waals surface area contributed by atoms with Gasteiger partial charge in [0.1, 0.15) is 0 Å². The predicted molar refractivity (Wildman–Crippen MR) is 85.9 cm³/mol. The minimum absolute atomic E-state index is 0.708. The van der Waals surface area contributed by atoms with E-state index >= 15 is 0 Å². The summed E-state index contributed by atoms with van der Waals surface area (Å²) in [6, 6.07) is 0. The summed E-state index contributed by atoms with van der Waals surface area (Å²) in [6.07, 6.45) is 3.17. The Hall–Kier alpha value is -0.910. The van der Waals surface area contributed by atoms with Crippen molar-refractivity contribution in [3.8, 4) is 0 Å². The molecule has 1 aromatic heterocycles. The lowest BCUT2D eigenvalue weighted by molar-refractivity contribution is 0.0958. The minimum atomic E-state index is 0.708. The van der Waals surface area contributed by atoms with Crippen LogP contribution in [0.5, 0.6) is 0 Å². The molecule has 0 bridgehead atoms. The molecule has 1 heterocycles. The van der Waals surface area contributed by atoms with Crippen molar-refractivity contribution < 1.29 is 9.47 Å². The average molecular weight is 297 g/mol. The highest BCUT2D eigenvalue weighted by Crippen LogP contribution is 2.13. The molecule has 1 aromatic rings. The zero-order valence-corrected chi connectivity index (χ0v) is 14.1. The van der Waals surface area contributed by atoms with E-state index in [0.717, 1.165) is 51.4 Å². The van der Waals surface area contributed by atoms with Gasteiger partial charge in [-0.1, -0.05) is 6.92 Å². The lowest BCUT2D eigenvalue weighted by Crippen LogP contribution is -2.18. The molecule has 0 atom stereocenters. The van der Waals surface area contributed by atoms with Crippen LogP contribution in [-0.2, 0) is 22.4 Å². The Morgan fingerprint density at radius 1 is 1.14 bits per heavy atom. The van der Waals surface area contributed by atoms with Crippen LogP contribution in [0.1, 0.15) is 36.7 Å². The van der Waals surface area contributed by atoms with Crippen LogP contribution < -0.4 is 5.32 Å². The largest absolute Gasteiger partial charge is 0.385 e. The number of methoxy groups -OCH3 is 1. The van der Waals surface area contributed by atoms with Gasteiger partial charge >= 0.3 is 0 Å². The van der Waals surface area contributed by atoms with E-state index in [2.05, 4.69) is 35.9 Å². The van der Waals surface area contributed by atoms with E-state index in [0.29, 0.717) is 6.61 Å². The molecule has 0 fully saturated rings. The first kappa shape index (κ1) is 18.1. The highest BCUT2D eigenvalue weighted by Gasteiger charge is 2.10. The zero-order chi connectivity index (χ0) is 15.5. The Bertz CT molecular complexity index is 391. The molecular weight excluding hydrogens is 266 g/mol. The SMILES string of the molecule is CCCNCCc1c(C)nn(CCOCCCOC)c1C. The molecule has 122 valence electrons. The number of nitrogens with zero attached hydrogens (tertiary/aromatic N) is 2. The Morgan fingerprint density at radius 2 is 1.95 bits per heavy atom. The molecule has 0 aliphatic carbocycles. The highest BCUT2D eigenvalue weighted by molar-refractivity contribution is 5.24. The van der Waals surface area contributed by atoms with E-state index in [1.54, 1.807) is 7.11 Å². The summed E-state index contributed by atoms with van der Waals surface area (Å²) in [5, 5.41) is 8.07.